The highest BCUT2D eigenvalue weighted by Gasteiger charge is 2.19. The van der Waals surface area contributed by atoms with Crippen molar-refractivity contribution in [3.8, 4) is 12.3 Å². The van der Waals surface area contributed by atoms with Gasteiger partial charge in [-0.1, -0.05) is 12.0 Å². The fourth-order valence-electron chi connectivity index (χ4n) is 1.15. The summed E-state index contributed by atoms with van der Waals surface area (Å²) in [6, 6.07) is 0. The zero-order valence-electron chi connectivity index (χ0n) is 7.45. The molecule has 0 saturated carbocycles. The van der Waals surface area contributed by atoms with Crippen LogP contribution in [0.2, 0.25) is 0 Å². The number of likely N-dealkylation sites (N-methyl/N-ethyl adjacent to an activating group) is 1. The second-order valence-corrected chi connectivity index (χ2v) is 2.80. The van der Waals surface area contributed by atoms with Gasteiger partial charge in [-0.25, -0.2) is 0 Å². The number of allylic oxidation sites excluding steroid dienone is 2. The van der Waals surface area contributed by atoms with Crippen molar-refractivity contribution in [2.24, 2.45) is 0 Å². The van der Waals surface area contributed by atoms with Gasteiger partial charge in [0.25, 0.3) is 0 Å². The Bertz CT molecular complexity index is 320. The van der Waals surface area contributed by atoms with Crippen molar-refractivity contribution in [2.75, 3.05) is 13.6 Å². The van der Waals surface area contributed by atoms with E-state index in [2.05, 4.69) is 5.92 Å². The molecule has 3 heteroatoms. The molecule has 0 aliphatic heterocycles. The number of ketones is 1. The van der Waals surface area contributed by atoms with Gasteiger partial charge in [-0.2, -0.15) is 0 Å². The highest BCUT2D eigenvalue weighted by Crippen LogP contribution is 2.14. The Labute approximate surface area is 77.4 Å². The van der Waals surface area contributed by atoms with E-state index in [1.165, 1.54) is 6.08 Å². The number of terminal acetylenes is 1. The van der Waals surface area contributed by atoms with Gasteiger partial charge in [-0.05, 0) is 12.5 Å². The van der Waals surface area contributed by atoms with Gasteiger partial charge in [0, 0.05) is 7.05 Å². The lowest BCUT2D eigenvalue weighted by atomic mass is 10.1. The van der Waals surface area contributed by atoms with Crippen molar-refractivity contribution in [1.82, 2.24) is 4.90 Å². The number of carbonyl (C=O) groups excluding carboxylic acids is 1. The van der Waals surface area contributed by atoms with Gasteiger partial charge in [0.15, 0.2) is 5.76 Å². The van der Waals surface area contributed by atoms with Crippen molar-refractivity contribution in [3.05, 3.63) is 23.6 Å². The molecule has 1 aliphatic rings. The van der Waals surface area contributed by atoms with E-state index in [1.807, 2.05) is 0 Å². The molecule has 1 rings (SSSR count). The van der Waals surface area contributed by atoms with E-state index in [4.69, 9.17) is 11.5 Å². The lowest BCUT2D eigenvalue weighted by Gasteiger charge is -2.20. The molecule has 13 heavy (non-hydrogen) atoms. The Balaban J connectivity index is 2.77. The minimum atomic E-state index is -0.357. The van der Waals surface area contributed by atoms with Crippen molar-refractivity contribution >= 4 is 5.78 Å². The minimum absolute atomic E-state index is 0.193. The van der Waals surface area contributed by atoms with E-state index in [1.54, 1.807) is 18.0 Å². The van der Waals surface area contributed by atoms with E-state index < -0.39 is 0 Å². The second kappa shape index (κ2) is 3.81. The van der Waals surface area contributed by atoms with Crippen LogP contribution >= 0.6 is 0 Å². The lowest BCUT2D eigenvalue weighted by Crippen LogP contribution is -2.26. The molecule has 0 saturated heterocycles. The Morgan fingerprint density at radius 3 is 3.00 bits per heavy atom. The summed E-state index contributed by atoms with van der Waals surface area (Å²) < 4.78 is 0. The molecule has 0 heterocycles. The monoisotopic (exact) mass is 177 g/mol. The molecule has 0 aromatic rings. The molecule has 0 aromatic heterocycles. The molecule has 0 radical (unpaired) electrons. The van der Waals surface area contributed by atoms with Crippen molar-refractivity contribution < 1.29 is 9.90 Å². The number of nitrogens with zero attached hydrogens (tertiary/aromatic N) is 1. The molecule has 0 aromatic carbocycles. The molecule has 0 atom stereocenters. The van der Waals surface area contributed by atoms with E-state index in [0.717, 1.165) is 0 Å². The van der Waals surface area contributed by atoms with E-state index in [0.29, 0.717) is 18.7 Å². The molecule has 3 nitrogen and oxygen atoms in total. The summed E-state index contributed by atoms with van der Waals surface area (Å²) in [5.74, 6) is 1.88. The van der Waals surface area contributed by atoms with E-state index in [9.17, 15) is 4.79 Å². The molecular formula is C10H11NO2. The largest absolute Gasteiger partial charge is 0.504 e. The first kappa shape index (κ1) is 9.40. The zero-order chi connectivity index (χ0) is 9.84. The van der Waals surface area contributed by atoms with Gasteiger partial charge in [0.2, 0.25) is 5.78 Å². The van der Waals surface area contributed by atoms with Crippen LogP contribution in [0.15, 0.2) is 23.6 Å². The van der Waals surface area contributed by atoms with E-state index in [-0.39, 0.29) is 11.5 Å². The molecule has 0 spiro atoms. The van der Waals surface area contributed by atoms with Crippen LogP contribution in [0.3, 0.4) is 0 Å². The summed E-state index contributed by atoms with van der Waals surface area (Å²) in [7, 11) is 1.72. The Morgan fingerprint density at radius 2 is 2.38 bits per heavy atom. The topological polar surface area (TPSA) is 40.5 Å². The number of aliphatic hydroxyl groups is 1. The predicted octanol–water partition coefficient (Wildman–Crippen LogP) is 0.850. The maximum absolute atomic E-state index is 11.3. The number of hydrogen-bond donors (Lipinski definition) is 1. The lowest BCUT2D eigenvalue weighted by molar-refractivity contribution is -0.116. The number of Topliss-reactive ketones (excluding diaryl/α,β-unsaturated/α-hetero) is 1. The number of aliphatic hydroxyl groups excluding tert-OH is 1. The second-order valence-electron chi connectivity index (χ2n) is 2.80. The third-order valence-electron chi connectivity index (χ3n) is 1.83. The fraction of sp³-hybridized carbons (Fsp3) is 0.300. The highest BCUT2D eigenvalue weighted by molar-refractivity contribution is 6.06. The molecular weight excluding hydrogens is 166 g/mol. The molecule has 1 N–H and O–H groups in total. The van der Waals surface area contributed by atoms with Gasteiger partial charge < -0.3 is 10.0 Å². The van der Waals surface area contributed by atoms with Crippen LogP contribution in [0.25, 0.3) is 0 Å². The Morgan fingerprint density at radius 1 is 1.69 bits per heavy atom. The standard InChI is InChI=1S/C10H11NO2/c1-3-7-11(2)8-5-4-6-9(12)10(8)13/h1,5-6,12H,4,7H2,2H3. The highest BCUT2D eigenvalue weighted by atomic mass is 16.3. The summed E-state index contributed by atoms with van der Waals surface area (Å²) >= 11 is 0. The van der Waals surface area contributed by atoms with Crippen LogP contribution in [0.1, 0.15) is 6.42 Å². The average molecular weight is 177 g/mol. The van der Waals surface area contributed by atoms with Crippen LogP contribution < -0.4 is 0 Å². The third-order valence-corrected chi connectivity index (χ3v) is 1.83. The SMILES string of the molecule is C#CCN(C)C1=CCC=C(O)C1=O. The summed E-state index contributed by atoms with van der Waals surface area (Å²) in [4.78, 5) is 13.0. The van der Waals surface area contributed by atoms with Crippen LogP contribution in [-0.4, -0.2) is 29.4 Å². The fourth-order valence-corrected chi connectivity index (χ4v) is 1.15. The van der Waals surface area contributed by atoms with Gasteiger partial charge in [0.1, 0.15) is 0 Å². The van der Waals surface area contributed by atoms with Gasteiger partial charge in [-0.3, -0.25) is 4.79 Å². The summed E-state index contributed by atoms with van der Waals surface area (Å²) in [6.07, 6.45) is 8.91. The normalized spacial score (nSPS) is 15.8. The average Bonchev–Trinajstić information content (AvgIpc) is 2.10. The predicted molar refractivity (Wildman–Crippen MR) is 49.9 cm³/mol. The number of carbonyl (C=O) groups is 1. The van der Waals surface area contributed by atoms with Crippen LogP contribution in [0.5, 0.6) is 0 Å². The quantitative estimate of drug-likeness (QED) is 0.636. The molecule has 68 valence electrons. The van der Waals surface area contributed by atoms with E-state index >= 15 is 0 Å². The molecule has 1 aliphatic carbocycles. The Hall–Kier alpha value is -1.69. The summed E-state index contributed by atoms with van der Waals surface area (Å²) in [6.45, 7) is 0.366. The summed E-state index contributed by atoms with van der Waals surface area (Å²) in [5.41, 5.74) is 0.470. The Kier molecular flexibility index (Phi) is 2.76. The summed E-state index contributed by atoms with van der Waals surface area (Å²) in [5, 5.41) is 9.16. The van der Waals surface area contributed by atoms with Gasteiger partial charge in [0.05, 0.1) is 12.2 Å². The van der Waals surface area contributed by atoms with Crippen LogP contribution in [0.4, 0.5) is 0 Å². The van der Waals surface area contributed by atoms with Crippen molar-refractivity contribution in [2.45, 2.75) is 6.42 Å². The smallest absolute Gasteiger partial charge is 0.242 e. The number of hydrogen-bond acceptors (Lipinski definition) is 3. The third kappa shape index (κ3) is 1.91. The minimum Gasteiger partial charge on any atom is -0.504 e. The molecule has 0 bridgehead atoms. The first-order valence-electron chi connectivity index (χ1n) is 3.95. The van der Waals surface area contributed by atoms with Crippen molar-refractivity contribution in [1.29, 1.82) is 0 Å². The molecule has 0 amide bonds. The molecule has 0 fully saturated rings. The number of rotatable bonds is 2. The first-order valence-corrected chi connectivity index (χ1v) is 3.95. The van der Waals surface area contributed by atoms with Gasteiger partial charge in [-0.15, -0.1) is 6.42 Å². The molecule has 0 unspecified atom stereocenters. The maximum atomic E-state index is 11.3. The first-order chi connectivity index (χ1) is 6.16. The maximum Gasteiger partial charge on any atom is 0.242 e. The van der Waals surface area contributed by atoms with Crippen LogP contribution in [-0.2, 0) is 4.79 Å². The van der Waals surface area contributed by atoms with Gasteiger partial charge >= 0.3 is 0 Å². The van der Waals surface area contributed by atoms with Crippen molar-refractivity contribution in [3.63, 3.8) is 0 Å². The van der Waals surface area contributed by atoms with Crippen LogP contribution in [0, 0.1) is 12.3 Å². The zero-order valence-corrected chi connectivity index (χ0v) is 7.45.